The summed E-state index contributed by atoms with van der Waals surface area (Å²) in [7, 11) is 0. The lowest BCUT2D eigenvalue weighted by molar-refractivity contribution is -0.125. The highest BCUT2D eigenvalue weighted by molar-refractivity contribution is 7.99. The summed E-state index contributed by atoms with van der Waals surface area (Å²) in [5, 5.41) is 4.03. The molecule has 31 heavy (non-hydrogen) atoms. The molecule has 1 fully saturated rings. The van der Waals surface area contributed by atoms with Gasteiger partial charge in [-0.15, -0.1) is 0 Å². The van der Waals surface area contributed by atoms with E-state index in [1.54, 1.807) is 18.1 Å². The highest BCUT2D eigenvalue weighted by Gasteiger charge is 2.25. The molecule has 5 nitrogen and oxygen atoms in total. The van der Waals surface area contributed by atoms with E-state index in [2.05, 4.69) is 58.3 Å². The lowest BCUT2D eigenvalue weighted by Crippen LogP contribution is -2.40. The normalized spacial score (nSPS) is 14.5. The minimum Gasteiger partial charge on any atom is -0.356 e. The molecule has 3 aromatic rings. The molecule has 0 radical (unpaired) electrons. The van der Waals surface area contributed by atoms with Gasteiger partial charge in [0, 0.05) is 36.5 Å². The average molecular weight is 433 g/mol. The third kappa shape index (κ3) is 5.64. The van der Waals surface area contributed by atoms with Crippen LogP contribution in [0.1, 0.15) is 29.5 Å². The summed E-state index contributed by atoms with van der Waals surface area (Å²) in [5.74, 6) is 1.15. The number of aryl methyl sites for hydroxylation is 2. The zero-order valence-electron chi connectivity index (χ0n) is 18.0. The topological polar surface area (TPSA) is 58.1 Å². The highest BCUT2D eigenvalue weighted by Crippen LogP contribution is 2.31. The summed E-state index contributed by atoms with van der Waals surface area (Å²) in [5.41, 5.74) is 3.62. The predicted octanol–water partition coefficient (Wildman–Crippen LogP) is 4.78. The van der Waals surface area contributed by atoms with Crippen LogP contribution in [0, 0.1) is 19.8 Å². The molecule has 1 saturated heterocycles. The number of piperidine rings is 1. The van der Waals surface area contributed by atoms with Gasteiger partial charge in [0.1, 0.15) is 17.2 Å². The number of anilines is 1. The predicted molar refractivity (Wildman–Crippen MR) is 125 cm³/mol. The Balaban J connectivity index is 1.33. The van der Waals surface area contributed by atoms with E-state index >= 15 is 0 Å². The van der Waals surface area contributed by atoms with Crippen LogP contribution in [-0.4, -0.2) is 29.0 Å². The molecule has 160 valence electrons. The number of carbonyl (C=O) groups is 1. The zero-order chi connectivity index (χ0) is 21.6. The molecule has 1 amide bonds. The molecule has 0 aliphatic carbocycles. The Bertz CT molecular complexity index is 1030. The van der Waals surface area contributed by atoms with Crippen molar-refractivity contribution in [2.24, 2.45) is 5.92 Å². The number of nitrogens with zero attached hydrogens (tertiary/aromatic N) is 3. The van der Waals surface area contributed by atoms with Gasteiger partial charge in [0.2, 0.25) is 5.91 Å². The van der Waals surface area contributed by atoms with Crippen molar-refractivity contribution in [2.75, 3.05) is 18.0 Å². The smallest absolute Gasteiger partial charge is 0.223 e. The van der Waals surface area contributed by atoms with Crippen molar-refractivity contribution in [3.05, 3.63) is 77.6 Å². The number of rotatable bonds is 6. The zero-order valence-corrected chi connectivity index (χ0v) is 18.9. The van der Waals surface area contributed by atoms with E-state index in [-0.39, 0.29) is 11.8 Å². The standard InChI is InChI=1S/C25H28N4OS/c1-18-8-9-19(2)22(14-18)31-24-15-23(27-17-28-24)29-12-10-21(11-13-29)25(30)26-16-20-6-4-3-5-7-20/h3-9,14-15,17,21H,10-13,16H2,1-2H3,(H,26,30). The number of carbonyl (C=O) groups excluding carboxylic acids is 1. The van der Waals surface area contributed by atoms with Gasteiger partial charge in [-0.25, -0.2) is 9.97 Å². The molecule has 0 bridgehead atoms. The van der Waals surface area contributed by atoms with Crippen molar-refractivity contribution >= 4 is 23.5 Å². The van der Waals surface area contributed by atoms with E-state index < -0.39 is 0 Å². The van der Waals surface area contributed by atoms with Gasteiger partial charge in [-0.3, -0.25) is 4.79 Å². The van der Waals surface area contributed by atoms with Gasteiger partial charge in [0.15, 0.2) is 0 Å². The Morgan fingerprint density at radius 3 is 2.61 bits per heavy atom. The Morgan fingerprint density at radius 1 is 1.06 bits per heavy atom. The maximum Gasteiger partial charge on any atom is 0.223 e. The number of hydrogen-bond acceptors (Lipinski definition) is 5. The van der Waals surface area contributed by atoms with Gasteiger partial charge >= 0.3 is 0 Å². The molecule has 1 aromatic heterocycles. The summed E-state index contributed by atoms with van der Waals surface area (Å²) >= 11 is 1.67. The SMILES string of the molecule is Cc1ccc(C)c(Sc2cc(N3CCC(C(=O)NCc4ccccc4)CC3)ncn2)c1. The molecule has 4 rings (SSSR count). The number of amides is 1. The van der Waals surface area contributed by atoms with E-state index in [0.29, 0.717) is 6.54 Å². The van der Waals surface area contributed by atoms with Crippen LogP contribution in [0.15, 0.2) is 70.8 Å². The summed E-state index contributed by atoms with van der Waals surface area (Å²) in [4.78, 5) is 25.0. The third-order valence-corrected chi connectivity index (χ3v) is 6.78. The average Bonchev–Trinajstić information content (AvgIpc) is 2.81. The van der Waals surface area contributed by atoms with Crippen LogP contribution in [0.2, 0.25) is 0 Å². The van der Waals surface area contributed by atoms with Crippen LogP contribution in [0.25, 0.3) is 0 Å². The molecule has 0 atom stereocenters. The van der Waals surface area contributed by atoms with Gasteiger partial charge in [-0.1, -0.05) is 54.2 Å². The molecule has 1 aliphatic rings. The van der Waals surface area contributed by atoms with Crippen molar-refractivity contribution in [3.63, 3.8) is 0 Å². The molecule has 0 spiro atoms. The second-order valence-electron chi connectivity index (χ2n) is 8.05. The first kappa shape index (κ1) is 21.4. The maximum atomic E-state index is 12.6. The van der Waals surface area contributed by atoms with Crippen LogP contribution in [0.5, 0.6) is 0 Å². The first-order chi connectivity index (χ1) is 15.1. The molecule has 6 heteroatoms. The van der Waals surface area contributed by atoms with E-state index in [4.69, 9.17) is 0 Å². The fourth-order valence-electron chi connectivity index (χ4n) is 3.79. The largest absolute Gasteiger partial charge is 0.356 e. The van der Waals surface area contributed by atoms with Crippen molar-refractivity contribution in [1.29, 1.82) is 0 Å². The number of hydrogen-bond donors (Lipinski definition) is 1. The Morgan fingerprint density at radius 2 is 1.84 bits per heavy atom. The number of aromatic nitrogens is 2. The third-order valence-electron chi connectivity index (χ3n) is 5.69. The van der Waals surface area contributed by atoms with Crippen LogP contribution in [-0.2, 0) is 11.3 Å². The van der Waals surface area contributed by atoms with Crippen molar-refractivity contribution in [1.82, 2.24) is 15.3 Å². The Kier molecular flexibility index (Phi) is 6.87. The fraction of sp³-hybridized carbons (Fsp3) is 0.320. The van der Waals surface area contributed by atoms with E-state index in [1.807, 2.05) is 30.3 Å². The maximum absolute atomic E-state index is 12.6. The molecule has 0 saturated carbocycles. The lowest BCUT2D eigenvalue weighted by atomic mass is 9.96. The van der Waals surface area contributed by atoms with Crippen LogP contribution < -0.4 is 10.2 Å². The molecule has 1 N–H and O–H groups in total. The monoisotopic (exact) mass is 432 g/mol. The lowest BCUT2D eigenvalue weighted by Gasteiger charge is -2.32. The van der Waals surface area contributed by atoms with E-state index in [9.17, 15) is 4.79 Å². The van der Waals surface area contributed by atoms with Crippen LogP contribution in [0.4, 0.5) is 5.82 Å². The van der Waals surface area contributed by atoms with E-state index in [0.717, 1.165) is 42.3 Å². The van der Waals surface area contributed by atoms with Crippen molar-refractivity contribution < 1.29 is 4.79 Å². The molecular weight excluding hydrogens is 404 g/mol. The summed E-state index contributed by atoms with van der Waals surface area (Å²) in [6.45, 7) is 6.47. The molecule has 1 aliphatic heterocycles. The molecule has 0 unspecified atom stereocenters. The summed E-state index contributed by atoms with van der Waals surface area (Å²) < 4.78 is 0. The van der Waals surface area contributed by atoms with E-state index in [1.165, 1.54) is 16.0 Å². The van der Waals surface area contributed by atoms with Crippen molar-refractivity contribution in [2.45, 2.75) is 43.2 Å². The number of benzene rings is 2. The van der Waals surface area contributed by atoms with Gasteiger partial charge < -0.3 is 10.2 Å². The first-order valence-electron chi connectivity index (χ1n) is 10.7. The summed E-state index contributed by atoms with van der Waals surface area (Å²) in [6, 6.07) is 18.6. The fourth-order valence-corrected chi connectivity index (χ4v) is 4.75. The van der Waals surface area contributed by atoms with Crippen LogP contribution >= 0.6 is 11.8 Å². The summed E-state index contributed by atoms with van der Waals surface area (Å²) in [6.07, 6.45) is 3.32. The minimum absolute atomic E-state index is 0.0607. The van der Waals surface area contributed by atoms with Gasteiger partial charge in [-0.05, 0) is 49.4 Å². The highest BCUT2D eigenvalue weighted by atomic mass is 32.2. The first-order valence-corrected chi connectivity index (χ1v) is 11.5. The Hall–Kier alpha value is -2.86. The van der Waals surface area contributed by atoms with Crippen LogP contribution in [0.3, 0.4) is 0 Å². The molecule has 2 heterocycles. The minimum atomic E-state index is 0.0607. The van der Waals surface area contributed by atoms with Gasteiger partial charge in [0.05, 0.1) is 0 Å². The molecular formula is C25H28N4OS. The van der Waals surface area contributed by atoms with Gasteiger partial charge in [0.25, 0.3) is 0 Å². The Labute approximate surface area is 188 Å². The van der Waals surface area contributed by atoms with Gasteiger partial charge in [-0.2, -0.15) is 0 Å². The molecule has 2 aromatic carbocycles. The quantitative estimate of drug-likeness (QED) is 0.568. The second kappa shape index (κ2) is 9.96. The second-order valence-corrected chi connectivity index (χ2v) is 9.11. The number of nitrogens with one attached hydrogen (secondary N) is 1. The van der Waals surface area contributed by atoms with Crippen molar-refractivity contribution in [3.8, 4) is 0 Å².